The lowest BCUT2D eigenvalue weighted by molar-refractivity contribution is -0.136. The van der Waals surface area contributed by atoms with Crippen molar-refractivity contribution >= 4 is 22.8 Å². The van der Waals surface area contributed by atoms with Crippen LogP contribution in [-0.2, 0) is 16.0 Å². The number of benzene rings is 2. The largest absolute Gasteiger partial charge is 0.497 e. The van der Waals surface area contributed by atoms with E-state index in [1.807, 2.05) is 0 Å². The van der Waals surface area contributed by atoms with Crippen LogP contribution in [0.25, 0.3) is 10.9 Å². The van der Waals surface area contributed by atoms with Gasteiger partial charge < -0.3 is 19.3 Å². The van der Waals surface area contributed by atoms with Gasteiger partial charge in [-0.05, 0) is 55.0 Å². The van der Waals surface area contributed by atoms with Crippen LogP contribution in [0.1, 0.15) is 21.6 Å². The number of aliphatic carboxylic acids is 1. The van der Waals surface area contributed by atoms with Crippen LogP contribution < -0.4 is 9.47 Å². The summed E-state index contributed by atoms with van der Waals surface area (Å²) >= 11 is 0. The molecule has 1 heterocycles. The van der Waals surface area contributed by atoms with Gasteiger partial charge in [0.2, 0.25) is 0 Å². The highest BCUT2D eigenvalue weighted by Crippen LogP contribution is 2.30. The zero-order valence-corrected chi connectivity index (χ0v) is 16.6. The van der Waals surface area contributed by atoms with Crippen LogP contribution in [0.5, 0.6) is 11.5 Å². The number of fused-ring (bicyclic) bond motifs is 1. The number of ether oxygens (including phenoxy) is 3. The summed E-state index contributed by atoms with van der Waals surface area (Å²) in [5.74, 6) is 0.0491. The van der Waals surface area contributed by atoms with Gasteiger partial charge >= 0.3 is 5.97 Å². The summed E-state index contributed by atoms with van der Waals surface area (Å²) in [5, 5.41) is 10.0. The summed E-state index contributed by atoms with van der Waals surface area (Å²) in [6, 6.07) is 12.1. The summed E-state index contributed by atoms with van der Waals surface area (Å²) in [4.78, 5) is 24.6. The van der Waals surface area contributed by atoms with Gasteiger partial charge in [0.15, 0.2) is 0 Å². The van der Waals surface area contributed by atoms with E-state index in [4.69, 9.17) is 14.2 Å². The molecule has 0 fully saturated rings. The maximum absolute atomic E-state index is 13.2. The van der Waals surface area contributed by atoms with Crippen LogP contribution in [0, 0.1) is 6.92 Å². The minimum absolute atomic E-state index is 0.179. The van der Waals surface area contributed by atoms with Crippen molar-refractivity contribution in [1.82, 2.24) is 4.57 Å². The van der Waals surface area contributed by atoms with Gasteiger partial charge in [0, 0.05) is 23.8 Å². The number of carboxylic acid groups (broad SMARTS) is 1. The number of hydrogen-bond acceptors (Lipinski definition) is 5. The molecule has 0 aliphatic carbocycles. The summed E-state index contributed by atoms with van der Waals surface area (Å²) < 4.78 is 17.3. The van der Waals surface area contributed by atoms with Crippen LogP contribution in [0.4, 0.5) is 0 Å². The Morgan fingerprint density at radius 3 is 2.31 bits per heavy atom. The fraction of sp³-hybridized carbons (Fsp3) is 0.273. The predicted octanol–water partition coefficient (Wildman–Crippen LogP) is 3.30. The average Bonchev–Trinajstić information content (AvgIpc) is 2.98. The van der Waals surface area contributed by atoms with Gasteiger partial charge in [-0.15, -0.1) is 0 Å². The van der Waals surface area contributed by atoms with Gasteiger partial charge in [-0.2, -0.15) is 0 Å². The lowest BCUT2D eigenvalue weighted by Gasteiger charge is -2.09. The average molecular weight is 397 g/mol. The standard InChI is InChI=1S/C22H23NO6/c1-14-18(13-21(24)25)19-12-17(28-3)8-9-20(19)23(14)22(26)15-4-6-16(7-5-15)29-11-10-27-2/h4-9,12H,10-11,13H2,1-3H3,(H,24,25). The number of methoxy groups -OCH3 is 2. The van der Waals surface area contributed by atoms with E-state index < -0.39 is 5.97 Å². The van der Waals surface area contributed by atoms with Crippen LogP contribution in [0.2, 0.25) is 0 Å². The maximum Gasteiger partial charge on any atom is 0.307 e. The Labute approximate surface area is 168 Å². The van der Waals surface area contributed by atoms with Crippen LogP contribution in [-0.4, -0.2) is 49.0 Å². The first-order chi connectivity index (χ1) is 14.0. The first-order valence-corrected chi connectivity index (χ1v) is 9.12. The molecule has 152 valence electrons. The number of carbonyl (C=O) groups excluding carboxylic acids is 1. The molecule has 0 aliphatic heterocycles. The van der Waals surface area contributed by atoms with Crippen molar-refractivity contribution in [3.63, 3.8) is 0 Å². The summed E-state index contributed by atoms with van der Waals surface area (Å²) in [7, 11) is 3.15. The quantitative estimate of drug-likeness (QED) is 0.587. The van der Waals surface area contributed by atoms with E-state index in [0.29, 0.717) is 52.4 Å². The van der Waals surface area contributed by atoms with E-state index in [9.17, 15) is 14.7 Å². The van der Waals surface area contributed by atoms with Gasteiger partial charge in [-0.1, -0.05) is 0 Å². The monoisotopic (exact) mass is 397 g/mol. The molecule has 0 radical (unpaired) electrons. The molecule has 0 amide bonds. The Morgan fingerprint density at radius 1 is 1.00 bits per heavy atom. The zero-order valence-electron chi connectivity index (χ0n) is 16.6. The Hall–Kier alpha value is -3.32. The van der Waals surface area contributed by atoms with Crippen molar-refractivity contribution in [3.05, 3.63) is 59.3 Å². The van der Waals surface area contributed by atoms with Crippen molar-refractivity contribution in [3.8, 4) is 11.5 Å². The third kappa shape index (κ3) is 4.25. The van der Waals surface area contributed by atoms with E-state index in [1.54, 1.807) is 68.2 Å². The van der Waals surface area contributed by atoms with Crippen molar-refractivity contribution in [1.29, 1.82) is 0 Å². The molecule has 2 aromatic carbocycles. The van der Waals surface area contributed by atoms with E-state index in [2.05, 4.69) is 0 Å². The predicted molar refractivity (Wildman–Crippen MR) is 108 cm³/mol. The normalized spacial score (nSPS) is 10.9. The van der Waals surface area contributed by atoms with Gasteiger partial charge in [-0.25, -0.2) is 0 Å². The minimum atomic E-state index is -0.958. The lowest BCUT2D eigenvalue weighted by Crippen LogP contribution is -2.14. The van der Waals surface area contributed by atoms with Crippen molar-refractivity contribution in [2.75, 3.05) is 27.4 Å². The SMILES string of the molecule is COCCOc1ccc(C(=O)n2c(C)c(CC(=O)O)c3cc(OC)ccc32)cc1. The number of carbonyl (C=O) groups is 2. The molecule has 0 saturated carbocycles. The molecule has 0 saturated heterocycles. The number of rotatable bonds is 8. The highest BCUT2D eigenvalue weighted by molar-refractivity contribution is 6.05. The molecule has 1 aromatic heterocycles. The summed E-state index contributed by atoms with van der Waals surface area (Å²) in [6.45, 7) is 2.65. The van der Waals surface area contributed by atoms with Crippen LogP contribution in [0.3, 0.4) is 0 Å². The van der Waals surface area contributed by atoms with Gasteiger partial charge in [0.1, 0.15) is 18.1 Å². The molecule has 7 nitrogen and oxygen atoms in total. The smallest absolute Gasteiger partial charge is 0.307 e. The van der Waals surface area contributed by atoms with Crippen molar-refractivity contribution in [2.24, 2.45) is 0 Å². The first-order valence-electron chi connectivity index (χ1n) is 9.12. The second kappa shape index (κ2) is 8.79. The molecular weight excluding hydrogens is 374 g/mol. The third-order valence-corrected chi connectivity index (χ3v) is 4.73. The van der Waals surface area contributed by atoms with E-state index in [-0.39, 0.29) is 12.3 Å². The highest BCUT2D eigenvalue weighted by atomic mass is 16.5. The number of hydrogen-bond donors (Lipinski definition) is 1. The van der Waals surface area contributed by atoms with E-state index >= 15 is 0 Å². The second-order valence-electron chi connectivity index (χ2n) is 6.52. The third-order valence-electron chi connectivity index (χ3n) is 4.73. The van der Waals surface area contributed by atoms with E-state index in [0.717, 1.165) is 0 Å². The van der Waals surface area contributed by atoms with Gasteiger partial charge in [0.05, 0.1) is 25.7 Å². The Bertz CT molecular complexity index is 1040. The number of nitrogens with zero attached hydrogens (tertiary/aromatic N) is 1. The molecular formula is C22H23NO6. The Morgan fingerprint density at radius 2 is 1.69 bits per heavy atom. The molecule has 0 aliphatic rings. The maximum atomic E-state index is 13.2. The summed E-state index contributed by atoms with van der Waals surface area (Å²) in [5.41, 5.74) is 2.31. The fourth-order valence-corrected chi connectivity index (χ4v) is 3.29. The zero-order chi connectivity index (χ0) is 21.0. The van der Waals surface area contributed by atoms with Crippen LogP contribution in [0.15, 0.2) is 42.5 Å². The van der Waals surface area contributed by atoms with E-state index in [1.165, 1.54) is 0 Å². The van der Waals surface area contributed by atoms with Crippen LogP contribution >= 0.6 is 0 Å². The Kier molecular flexibility index (Phi) is 6.19. The summed E-state index contributed by atoms with van der Waals surface area (Å²) in [6.07, 6.45) is -0.179. The fourth-order valence-electron chi connectivity index (χ4n) is 3.29. The van der Waals surface area contributed by atoms with Gasteiger partial charge in [-0.3, -0.25) is 14.2 Å². The lowest BCUT2D eigenvalue weighted by atomic mass is 10.1. The molecule has 0 bridgehead atoms. The van der Waals surface area contributed by atoms with Gasteiger partial charge in [0.25, 0.3) is 5.91 Å². The molecule has 29 heavy (non-hydrogen) atoms. The molecule has 7 heteroatoms. The number of carboxylic acids is 1. The molecule has 1 N–H and O–H groups in total. The molecule has 0 spiro atoms. The molecule has 0 atom stereocenters. The number of aromatic nitrogens is 1. The Balaban J connectivity index is 2.01. The van der Waals surface area contributed by atoms with Crippen molar-refractivity contribution in [2.45, 2.75) is 13.3 Å². The second-order valence-corrected chi connectivity index (χ2v) is 6.52. The molecule has 0 unspecified atom stereocenters. The topological polar surface area (TPSA) is 87.0 Å². The molecule has 3 aromatic rings. The minimum Gasteiger partial charge on any atom is -0.497 e. The van der Waals surface area contributed by atoms with Crippen molar-refractivity contribution < 1.29 is 28.9 Å². The highest BCUT2D eigenvalue weighted by Gasteiger charge is 2.21. The first kappa shape index (κ1) is 20.4. The molecule has 3 rings (SSSR count).